The Labute approximate surface area is 213 Å². The molecule has 3 aromatic rings. The number of amides is 2. The number of anilines is 2. The lowest BCUT2D eigenvalue weighted by atomic mass is 9.83. The van der Waals surface area contributed by atoms with Crippen molar-refractivity contribution in [2.24, 2.45) is 5.92 Å². The van der Waals surface area contributed by atoms with Gasteiger partial charge in [-0.15, -0.1) is 11.8 Å². The van der Waals surface area contributed by atoms with Crippen LogP contribution < -0.4 is 10.6 Å². The number of carbonyl (C=O) groups excluding carboxylic acids is 4. The molecule has 1 fully saturated rings. The van der Waals surface area contributed by atoms with E-state index in [1.165, 1.54) is 18.2 Å². The van der Waals surface area contributed by atoms with E-state index in [0.29, 0.717) is 22.4 Å². The molecule has 1 saturated carbocycles. The summed E-state index contributed by atoms with van der Waals surface area (Å²) >= 11 is 1.34. The summed E-state index contributed by atoms with van der Waals surface area (Å²) in [5, 5.41) is 5.82. The zero-order valence-electron chi connectivity index (χ0n) is 19.7. The van der Waals surface area contributed by atoms with E-state index in [9.17, 15) is 19.2 Å². The number of fused-ring (bicyclic) bond motifs is 2. The number of rotatable bonds is 6. The molecule has 0 aromatic heterocycles. The maximum Gasteiger partial charge on any atom is 0.234 e. The average molecular weight is 499 g/mol. The van der Waals surface area contributed by atoms with Gasteiger partial charge in [0.15, 0.2) is 11.6 Å². The van der Waals surface area contributed by atoms with Gasteiger partial charge < -0.3 is 10.6 Å². The normalized spacial score (nSPS) is 15.1. The molecule has 2 N–H and O–H groups in total. The van der Waals surface area contributed by atoms with Crippen molar-refractivity contribution in [3.05, 3.63) is 89.0 Å². The van der Waals surface area contributed by atoms with E-state index in [1.807, 2.05) is 24.3 Å². The van der Waals surface area contributed by atoms with Crippen LogP contribution in [-0.2, 0) is 9.59 Å². The van der Waals surface area contributed by atoms with E-state index < -0.39 is 0 Å². The van der Waals surface area contributed by atoms with E-state index >= 15 is 0 Å². The minimum absolute atomic E-state index is 0.0595. The maximum absolute atomic E-state index is 13.1. The van der Waals surface area contributed by atoms with Crippen LogP contribution in [0.1, 0.15) is 63.9 Å². The summed E-state index contributed by atoms with van der Waals surface area (Å²) in [5.74, 6) is -0.543. The van der Waals surface area contributed by atoms with Crippen LogP contribution in [-0.4, -0.2) is 29.1 Å². The standard InChI is InChI=1S/C29H26N2O4S/c32-25(17-36-20-11-6-10-19(16-20)30-29(35)18-8-2-1-3-9-18)31-24-15-7-14-23-26(24)28(34)22-13-5-4-12-21(22)27(23)33/h4-7,10-16,18H,1-3,8-9,17H2,(H,30,35)(H,31,32). The molecule has 0 unspecified atom stereocenters. The lowest BCUT2D eigenvalue weighted by Gasteiger charge is -2.21. The number of hydrogen-bond donors (Lipinski definition) is 2. The molecule has 3 aromatic carbocycles. The first-order chi connectivity index (χ1) is 17.5. The molecule has 0 radical (unpaired) electrons. The first-order valence-electron chi connectivity index (χ1n) is 12.2. The fraction of sp³-hybridized carbons (Fsp3) is 0.241. The second-order valence-electron chi connectivity index (χ2n) is 9.12. The van der Waals surface area contributed by atoms with Crippen molar-refractivity contribution in [1.82, 2.24) is 0 Å². The van der Waals surface area contributed by atoms with E-state index in [-0.39, 0.29) is 40.6 Å². The number of carbonyl (C=O) groups is 4. The molecule has 0 heterocycles. The van der Waals surface area contributed by atoms with Gasteiger partial charge >= 0.3 is 0 Å². The molecular weight excluding hydrogens is 472 g/mol. The number of ketones is 2. The van der Waals surface area contributed by atoms with Crippen molar-refractivity contribution < 1.29 is 19.2 Å². The molecule has 0 aliphatic heterocycles. The third-order valence-electron chi connectivity index (χ3n) is 6.67. The Kier molecular flexibility index (Phi) is 7.00. The van der Waals surface area contributed by atoms with Crippen LogP contribution in [0.25, 0.3) is 0 Å². The summed E-state index contributed by atoms with van der Waals surface area (Å²) in [6.45, 7) is 0. The fourth-order valence-electron chi connectivity index (χ4n) is 4.86. The third kappa shape index (κ3) is 4.97. The number of hydrogen-bond acceptors (Lipinski definition) is 5. The van der Waals surface area contributed by atoms with Crippen LogP contribution in [0.15, 0.2) is 71.6 Å². The van der Waals surface area contributed by atoms with Crippen LogP contribution in [0.5, 0.6) is 0 Å². The van der Waals surface area contributed by atoms with E-state index in [1.54, 1.807) is 42.5 Å². The minimum atomic E-state index is -0.288. The molecule has 0 saturated heterocycles. The van der Waals surface area contributed by atoms with Crippen LogP contribution >= 0.6 is 11.8 Å². The van der Waals surface area contributed by atoms with Crippen LogP contribution in [0.4, 0.5) is 11.4 Å². The molecule has 6 nitrogen and oxygen atoms in total. The monoisotopic (exact) mass is 498 g/mol. The van der Waals surface area contributed by atoms with Gasteiger partial charge in [-0.3, -0.25) is 19.2 Å². The molecular formula is C29H26N2O4S. The Hall–Kier alpha value is -3.71. The van der Waals surface area contributed by atoms with Gasteiger partial charge in [0.25, 0.3) is 0 Å². The second kappa shape index (κ2) is 10.5. The molecule has 5 rings (SSSR count). The first-order valence-corrected chi connectivity index (χ1v) is 13.1. The molecule has 0 spiro atoms. The van der Waals surface area contributed by atoms with E-state index in [2.05, 4.69) is 10.6 Å². The highest BCUT2D eigenvalue weighted by Crippen LogP contribution is 2.32. The largest absolute Gasteiger partial charge is 0.326 e. The number of nitrogens with one attached hydrogen (secondary N) is 2. The summed E-state index contributed by atoms with van der Waals surface area (Å²) in [7, 11) is 0. The van der Waals surface area contributed by atoms with Gasteiger partial charge in [-0.05, 0) is 37.1 Å². The van der Waals surface area contributed by atoms with Crippen molar-refractivity contribution in [3.63, 3.8) is 0 Å². The van der Waals surface area contributed by atoms with Gasteiger partial charge in [-0.2, -0.15) is 0 Å². The van der Waals surface area contributed by atoms with Crippen molar-refractivity contribution in [1.29, 1.82) is 0 Å². The molecule has 0 atom stereocenters. The highest BCUT2D eigenvalue weighted by atomic mass is 32.2. The predicted molar refractivity (Wildman–Crippen MR) is 141 cm³/mol. The topological polar surface area (TPSA) is 92.3 Å². The summed E-state index contributed by atoms with van der Waals surface area (Å²) in [4.78, 5) is 52.2. The maximum atomic E-state index is 13.1. The SMILES string of the molecule is O=C(CSc1cccc(NC(=O)C2CCCCC2)c1)Nc1cccc2c1C(=O)c1ccccc1C2=O. The van der Waals surface area contributed by atoms with Crippen LogP contribution in [0.2, 0.25) is 0 Å². The molecule has 36 heavy (non-hydrogen) atoms. The van der Waals surface area contributed by atoms with Gasteiger partial charge in [-0.25, -0.2) is 0 Å². The molecule has 182 valence electrons. The highest BCUT2D eigenvalue weighted by Gasteiger charge is 2.31. The van der Waals surface area contributed by atoms with Gasteiger partial charge in [-0.1, -0.05) is 61.7 Å². The quantitative estimate of drug-likeness (QED) is 0.332. The van der Waals surface area contributed by atoms with Crippen molar-refractivity contribution in [2.45, 2.75) is 37.0 Å². The molecule has 2 aliphatic carbocycles. The predicted octanol–water partition coefficient (Wildman–Crippen LogP) is 5.71. The zero-order valence-corrected chi connectivity index (χ0v) is 20.5. The van der Waals surface area contributed by atoms with Gasteiger partial charge in [0.05, 0.1) is 17.0 Å². The van der Waals surface area contributed by atoms with Crippen molar-refractivity contribution >= 4 is 46.5 Å². The first kappa shape index (κ1) is 24.0. The summed E-state index contributed by atoms with van der Waals surface area (Å²) in [6.07, 6.45) is 5.26. The summed E-state index contributed by atoms with van der Waals surface area (Å²) < 4.78 is 0. The second-order valence-corrected chi connectivity index (χ2v) is 10.2. The van der Waals surface area contributed by atoms with Crippen LogP contribution in [0.3, 0.4) is 0 Å². The molecule has 2 aliphatic rings. The van der Waals surface area contributed by atoms with Crippen LogP contribution in [0, 0.1) is 5.92 Å². The number of benzene rings is 3. The molecule has 7 heteroatoms. The Morgan fingerprint density at radius 2 is 1.47 bits per heavy atom. The smallest absolute Gasteiger partial charge is 0.234 e. The summed E-state index contributed by atoms with van der Waals surface area (Å²) in [6, 6.07) is 19.1. The van der Waals surface area contributed by atoms with Crippen molar-refractivity contribution in [2.75, 3.05) is 16.4 Å². The van der Waals surface area contributed by atoms with E-state index in [0.717, 1.165) is 36.3 Å². The molecule has 0 bridgehead atoms. The third-order valence-corrected chi connectivity index (χ3v) is 7.67. The molecule has 2 amide bonds. The summed E-state index contributed by atoms with van der Waals surface area (Å²) in [5.41, 5.74) is 2.30. The zero-order chi connectivity index (χ0) is 25.1. The number of thioether (sulfide) groups is 1. The Bertz CT molecular complexity index is 1360. The Balaban J connectivity index is 1.24. The van der Waals surface area contributed by atoms with Crippen molar-refractivity contribution in [3.8, 4) is 0 Å². The average Bonchev–Trinajstić information content (AvgIpc) is 2.91. The van der Waals surface area contributed by atoms with Gasteiger partial charge in [0, 0.05) is 33.2 Å². The highest BCUT2D eigenvalue weighted by molar-refractivity contribution is 8.00. The fourth-order valence-corrected chi connectivity index (χ4v) is 5.61. The van der Waals surface area contributed by atoms with E-state index in [4.69, 9.17) is 0 Å². The van der Waals surface area contributed by atoms with Gasteiger partial charge in [0.2, 0.25) is 11.8 Å². The lowest BCUT2D eigenvalue weighted by molar-refractivity contribution is -0.120. The Morgan fingerprint density at radius 1 is 0.778 bits per heavy atom. The lowest BCUT2D eigenvalue weighted by Crippen LogP contribution is -2.24. The minimum Gasteiger partial charge on any atom is -0.326 e. The Morgan fingerprint density at radius 3 is 2.25 bits per heavy atom. The van der Waals surface area contributed by atoms with Gasteiger partial charge in [0.1, 0.15) is 0 Å².